The molecule has 1 rings (SSSR count). The summed E-state index contributed by atoms with van der Waals surface area (Å²) in [7, 11) is 0. The van der Waals surface area contributed by atoms with E-state index in [4.69, 9.17) is 5.73 Å². The minimum Gasteiger partial charge on any atom is -0.480 e. The molecule has 4 N–H and O–H groups in total. The number of aliphatic carboxylic acids is 1. The number of hydrogen-bond acceptors (Lipinski definition) is 3. The maximum absolute atomic E-state index is 12.3. The first-order chi connectivity index (χ1) is 9.54. The molecule has 1 heterocycles. The Balaban J connectivity index is 2.81. The van der Waals surface area contributed by atoms with Gasteiger partial charge in [-0.25, -0.2) is 9.59 Å². The molecule has 120 valence electrons. The van der Waals surface area contributed by atoms with Crippen molar-refractivity contribution >= 4 is 17.9 Å². The van der Waals surface area contributed by atoms with Gasteiger partial charge in [-0.1, -0.05) is 20.8 Å². The first kappa shape index (κ1) is 17.3. The number of carbonyl (C=O) groups excluding carboxylic acids is 2. The van der Waals surface area contributed by atoms with E-state index in [0.29, 0.717) is 12.8 Å². The summed E-state index contributed by atoms with van der Waals surface area (Å²) in [6, 6.07) is -1.50. The monoisotopic (exact) mass is 299 g/mol. The number of hydrogen-bond donors (Lipinski definition) is 3. The van der Waals surface area contributed by atoms with Gasteiger partial charge in [0.25, 0.3) is 0 Å². The van der Waals surface area contributed by atoms with Crippen molar-refractivity contribution in [1.29, 1.82) is 0 Å². The summed E-state index contributed by atoms with van der Waals surface area (Å²) in [5, 5.41) is 11.8. The minimum atomic E-state index is -1.08. The number of piperidine rings is 1. The number of carbonyl (C=O) groups is 3. The van der Waals surface area contributed by atoms with Crippen LogP contribution in [0.3, 0.4) is 0 Å². The number of nitrogens with two attached hydrogens (primary N) is 1. The van der Waals surface area contributed by atoms with Crippen LogP contribution in [0.25, 0.3) is 0 Å². The fraction of sp³-hybridized carbons (Fsp3) is 0.786. The molecule has 0 spiro atoms. The number of amides is 3. The van der Waals surface area contributed by atoms with Crippen molar-refractivity contribution in [2.45, 2.75) is 52.6 Å². The van der Waals surface area contributed by atoms with E-state index in [1.807, 2.05) is 6.92 Å². The molecule has 0 aromatic carbocycles. The highest BCUT2D eigenvalue weighted by Crippen LogP contribution is 2.23. The third kappa shape index (κ3) is 4.34. The molecule has 3 unspecified atom stereocenters. The molecule has 0 aromatic heterocycles. The van der Waals surface area contributed by atoms with E-state index in [0.717, 1.165) is 0 Å². The largest absolute Gasteiger partial charge is 0.480 e. The average Bonchev–Trinajstić information content (AvgIpc) is 2.33. The Morgan fingerprint density at radius 1 is 1.29 bits per heavy atom. The zero-order chi connectivity index (χ0) is 16.4. The van der Waals surface area contributed by atoms with Crippen molar-refractivity contribution in [2.75, 3.05) is 6.54 Å². The number of likely N-dealkylation sites (tertiary alicyclic amines) is 1. The maximum Gasteiger partial charge on any atom is 0.326 e. The van der Waals surface area contributed by atoms with Crippen LogP contribution < -0.4 is 11.1 Å². The van der Waals surface area contributed by atoms with E-state index in [9.17, 15) is 19.5 Å². The molecule has 3 atom stereocenters. The van der Waals surface area contributed by atoms with Crippen LogP contribution in [0.5, 0.6) is 0 Å². The van der Waals surface area contributed by atoms with Gasteiger partial charge >= 0.3 is 12.0 Å². The van der Waals surface area contributed by atoms with Crippen molar-refractivity contribution in [3.8, 4) is 0 Å². The predicted octanol–water partition coefficient (Wildman–Crippen LogP) is 0.781. The number of carboxylic acids is 1. The Morgan fingerprint density at radius 3 is 2.29 bits per heavy atom. The summed E-state index contributed by atoms with van der Waals surface area (Å²) >= 11 is 0. The Labute approximate surface area is 124 Å². The van der Waals surface area contributed by atoms with Crippen molar-refractivity contribution in [3.63, 3.8) is 0 Å². The Morgan fingerprint density at radius 2 is 1.86 bits per heavy atom. The van der Waals surface area contributed by atoms with Gasteiger partial charge < -0.3 is 21.1 Å². The summed E-state index contributed by atoms with van der Waals surface area (Å²) in [5.41, 5.74) is 4.69. The van der Waals surface area contributed by atoms with Crippen LogP contribution in [0.2, 0.25) is 0 Å². The van der Waals surface area contributed by atoms with Gasteiger partial charge in [0, 0.05) is 12.6 Å². The zero-order valence-corrected chi connectivity index (χ0v) is 13.0. The number of nitrogens with one attached hydrogen (secondary N) is 1. The van der Waals surface area contributed by atoms with Gasteiger partial charge in [0.1, 0.15) is 6.04 Å². The summed E-state index contributed by atoms with van der Waals surface area (Å²) < 4.78 is 0. The highest BCUT2D eigenvalue weighted by atomic mass is 16.4. The van der Waals surface area contributed by atoms with Crippen molar-refractivity contribution in [1.82, 2.24) is 10.2 Å². The number of urea groups is 1. The Bertz CT molecular complexity index is 430. The van der Waals surface area contributed by atoms with Gasteiger partial charge in [-0.3, -0.25) is 4.79 Å². The summed E-state index contributed by atoms with van der Waals surface area (Å²) in [6.07, 6.45) is 1.33. The average molecular weight is 299 g/mol. The van der Waals surface area contributed by atoms with Crippen LogP contribution in [-0.4, -0.2) is 46.5 Å². The lowest BCUT2D eigenvalue weighted by Crippen LogP contribution is -2.57. The molecule has 0 aromatic rings. The lowest BCUT2D eigenvalue weighted by molar-refractivity contribution is -0.142. The topological polar surface area (TPSA) is 113 Å². The lowest BCUT2D eigenvalue weighted by atomic mass is 9.87. The SMILES string of the molecule is CC1CCC(C(N)=O)CN1C(=O)NC(C(=O)O)C(C)(C)C. The number of rotatable bonds is 3. The van der Waals surface area contributed by atoms with Gasteiger partial charge in [-0.15, -0.1) is 0 Å². The van der Waals surface area contributed by atoms with Crippen molar-refractivity contribution < 1.29 is 19.5 Å². The van der Waals surface area contributed by atoms with Crippen LogP contribution in [0, 0.1) is 11.3 Å². The molecule has 0 saturated carbocycles. The first-order valence-corrected chi connectivity index (χ1v) is 7.13. The second-order valence-corrected chi connectivity index (χ2v) is 6.76. The van der Waals surface area contributed by atoms with E-state index in [1.165, 1.54) is 4.90 Å². The van der Waals surface area contributed by atoms with Gasteiger partial charge in [-0.2, -0.15) is 0 Å². The quantitative estimate of drug-likeness (QED) is 0.714. The normalized spacial score (nSPS) is 24.3. The maximum atomic E-state index is 12.3. The van der Waals surface area contributed by atoms with E-state index >= 15 is 0 Å². The third-order valence-corrected chi connectivity index (χ3v) is 3.93. The molecule has 1 aliphatic rings. The summed E-state index contributed by atoms with van der Waals surface area (Å²) in [5.74, 6) is -1.87. The van der Waals surface area contributed by atoms with Crippen LogP contribution in [0.1, 0.15) is 40.5 Å². The Hall–Kier alpha value is -1.79. The summed E-state index contributed by atoms with van der Waals surface area (Å²) in [4.78, 5) is 36.4. The number of carboxylic acid groups (broad SMARTS) is 1. The highest BCUT2D eigenvalue weighted by molar-refractivity contribution is 5.84. The number of primary amides is 1. The number of nitrogens with zero attached hydrogens (tertiary/aromatic N) is 1. The molecule has 1 saturated heterocycles. The van der Waals surface area contributed by atoms with E-state index in [2.05, 4.69) is 5.32 Å². The molecule has 1 aliphatic heterocycles. The van der Waals surface area contributed by atoms with Gasteiger partial charge in [0.2, 0.25) is 5.91 Å². The van der Waals surface area contributed by atoms with Crippen LogP contribution in [-0.2, 0) is 9.59 Å². The van der Waals surface area contributed by atoms with Crippen LogP contribution in [0.15, 0.2) is 0 Å². The lowest BCUT2D eigenvalue weighted by Gasteiger charge is -2.38. The summed E-state index contributed by atoms with van der Waals surface area (Å²) in [6.45, 7) is 7.36. The van der Waals surface area contributed by atoms with Gasteiger partial charge in [-0.05, 0) is 25.2 Å². The molecule has 0 bridgehead atoms. The molecule has 7 nitrogen and oxygen atoms in total. The molecule has 3 amide bonds. The van der Waals surface area contributed by atoms with Gasteiger partial charge in [0.05, 0.1) is 5.92 Å². The third-order valence-electron chi connectivity index (χ3n) is 3.93. The smallest absolute Gasteiger partial charge is 0.326 e. The fourth-order valence-electron chi connectivity index (χ4n) is 2.48. The van der Waals surface area contributed by atoms with E-state index in [-0.39, 0.29) is 18.5 Å². The van der Waals surface area contributed by atoms with Crippen molar-refractivity contribution in [2.24, 2.45) is 17.1 Å². The minimum absolute atomic E-state index is 0.0463. The van der Waals surface area contributed by atoms with Crippen molar-refractivity contribution in [3.05, 3.63) is 0 Å². The predicted molar refractivity (Wildman–Crippen MR) is 77.5 cm³/mol. The first-order valence-electron chi connectivity index (χ1n) is 7.13. The zero-order valence-electron chi connectivity index (χ0n) is 13.0. The molecular weight excluding hydrogens is 274 g/mol. The molecule has 7 heteroatoms. The molecular formula is C14H25N3O4. The highest BCUT2D eigenvalue weighted by Gasteiger charge is 2.37. The molecule has 21 heavy (non-hydrogen) atoms. The molecule has 0 radical (unpaired) electrons. The van der Waals surface area contributed by atoms with Gasteiger partial charge in [0.15, 0.2) is 0 Å². The van der Waals surface area contributed by atoms with Crippen LogP contribution in [0.4, 0.5) is 4.79 Å². The molecule has 0 aliphatic carbocycles. The molecule has 1 fully saturated rings. The van der Waals surface area contributed by atoms with E-state index < -0.39 is 29.4 Å². The fourth-order valence-corrected chi connectivity index (χ4v) is 2.48. The second-order valence-electron chi connectivity index (χ2n) is 6.76. The standard InChI is InChI=1S/C14H25N3O4/c1-8-5-6-9(11(15)18)7-17(8)13(21)16-10(12(19)20)14(2,3)4/h8-10H,5-7H2,1-4H3,(H2,15,18)(H,16,21)(H,19,20). The second kappa shape index (κ2) is 6.32. The van der Waals surface area contributed by atoms with Crippen LogP contribution >= 0.6 is 0 Å². The Kier molecular flexibility index (Phi) is 5.20. The van der Waals surface area contributed by atoms with E-state index in [1.54, 1.807) is 20.8 Å².